The Hall–Kier alpha value is -3.16. The summed E-state index contributed by atoms with van der Waals surface area (Å²) in [6.07, 6.45) is 6.83. The average molecular weight is 412 g/mol. The highest BCUT2D eigenvalue weighted by atomic mass is 16.7. The van der Waals surface area contributed by atoms with E-state index in [9.17, 15) is 14.4 Å². The maximum absolute atomic E-state index is 13.1. The smallest absolute Gasteiger partial charge is 0.354 e. The van der Waals surface area contributed by atoms with Crippen molar-refractivity contribution in [3.63, 3.8) is 0 Å². The molecule has 0 bridgehead atoms. The summed E-state index contributed by atoms with van der Waals surface area (Å²) in [5.41, 5.74) is 7.53. The number of amidine groups is 1. The minimum Gasteiger partial charge on any atom is -0.385 e. The highest BCUT2D eigenvalue weighted by Gasteiger charge is 2.30. The van der Waals surface area contributed by atoms with Crippen LogP contribution < -0.4 is 5.73 Å². The fourth-order valence-corrected chi connectivity index (χ4v) is 3.89. The van der Waals surface area contributed by atoms with Crippen LogP contribution in [0.2, 0.25) is 0 Å². The molecule has 0 saturated heterocycles. The van der Waals surface area contributed by atoms with E-state index >= 15 is 0 Å². The van der Waals surface area contributed by atoms with Crippen molar-refractivity contribution >= 4 is 34.4 Å². The minimum absolute atomic E-state index is 0.0960. The molecule has 1 aromatic carbocycles. The van der Waals surface area contributed by atoms with E-state index in [1.807, 2.05) is 25.1 Å². The number of Topliss-reactive ketones (excluding diaryl/α,β-unsaturated/α-hetero) is 1. The van der Waals surface area contributed by atoms with Crippen molar-refractivity contribution in [3.05, 3.63) is 35.5 Å². The van der Waals surface area contributed by atoms with Gasteiger partial charge in [0.1, 0.15) is 12.4 Å². The number of nitrogens with zero attached hydrogens (tertiary/aromatic N) is 2. The van der Waals surface area contributed by atoms with E-state index in [1.165, 1.54) is 18.2 Å². The van der Waals surface area contributed by atoms with Gasteiger partial charge in [-0.25, -0.2) is 4.79 Å². The van der Waals surface area contributed by atoms with E-state index in [4.69, 9.17) is 10.6 Å². The topological polar surface area (TPSA) is 118 Å². The second kappa shape index (κ2) is 9.56. The van der Waals surface area contributed by atoms with Crippen LogP contribution in [0.15, 0.2) is 29.6 Å². The number of benzene rings is 1. The quantitative estimate of drug-likeness (QED) is 0.181. The van der Waals surface area contributed by atoms with Crippen LogP contribution in [0.3, 0.4) is 0 Å². The molecule has 3 N–H and O–H groups in total. The molecule has 0 radical (unpaired) electrons. The summed E-state index contributed by atoms with van der Waals surface area (Å²) in [5.74, 6) is -1.74. The average Bonchev–Trinajstić information content (AvgIpc) is 3.14. The van der Waals surface area contributed by atoms with Crippen molar-refractivity contribution in [2.75, 3.05) is 13.1 Å². The summed E-state index contributed by atoms with van der Waals surface area (Å²) in [6, 6.07) is 5.63. The van der Waals surface area contributed by atoms with Crippen LogP contribution in [0.25, 0.3) is 10.9 Å². The zero-order chi connectivity index (χ0) is 21.7. The van der Waals surface area contributed by atoms with E-state index in [-0.39, 0.29) is 18.3 Å². The van der Waals surface area contributed by atoms with Gasteiger partial charge in [0, 0.05) is 23.6 Å². The predicted octanol–water partition coefficient (Wildman–Crippen LogP) is 2.90. The van der Waals surface area contributed by atoms with E-state index in [0.29, 0.717) is 17.5 Å². The standard InChI is InChI=1S/C22H28N4O4/c1-14-8-9-17-18(11-24-19(17)10-14)21(28)22(29)26(12-16-6-4-3-5-7-16)13-20(27)30-25-15(2)23/h8-11,16,24H,3-7,12-13H2,1-2H3,(H2,23,25). The zero-order valence-corrected chi connectivity index (χ0v) is 17.4. The van der Waals surface area contributed by atoms with Gasteiger partial charge in [0.25, 0.3) is 11.7 Å². The van der Waals surface area contributed by atoms with Crippen LogP contribution in [-0.4, -0.2) is 46.5 Å². The molecule has 1 aliphatic rings. The Kier molecular flexibility index (Phi) is 6.87. The number of carbonyl (C=O) groups is 3. The molecule has 1 aliphatic carbocycles. The van der Waals surface area contributed by atoms with Gasteiger partial charge in [0.05, 0.1) is 5.56 Å². The Morgan fingerprint density at radius 1 is 1.23 bits per heavy atom. The number of aromatic amines is 1. The summed E-state index contributed by atoms with van der Waals surface area (Å²) in [7, 11) is 0. The Morgan fingerprint density at radius 2 is 1.97 bits per heavy atom. The van der Waals surface area contributed by atoms with Gasteiger partial charge in [-0.05, 0) is 44.2 Å². The lowest BCUT2D eigenvalue weighted by Crippen LogP contribution is -2.43. The molecule has 30 heavy (non-hydrogen) atoms. The molecular weight excluding hydrogens is 384 g/mol. The first-order chi connectivity index (χ1) is 14.3. The normalized spacial score (nSPS) is 15.2. The van der Waals surface area contributed by atoms with E-state index in [1.54, 1.807) is 6.20 Å². The lowest BCUT2D eigenvalue weighted by Gasteiger charge is -2.28. The van der Waals surface area contributed by atoms with Gasteiger partial charge >= 0.3 is 5.97 Å². The summed E-state index contributed by atoms with van der Waals surface area (Å²) in [4.78, 5) is 47.4. The zero-order valence-electron chi connectivity index (χ0n) is 17.4. The number of fused-ring (bicyclic) bond motifs is 1. The monoisotopic (exact) mass is 412 g/mol. The minimum atomic E-state index is -0.730. The van der Waals surface area contributed by atoms with Crippen LogP contribution in [0.5, 0.6) is 0 Å². The molecule has 0 atom stereocenters. The lowest BCUT2D eigenvalue weighted by atomic mass is 9.89. The molecule has 8 heteroatoms. The van der Waals surface area contributed by atoms with E-state index < -0.39 is 17.7 Å². The molecule has 8 nitrogen and oxygen atoms in total. The fourth-order valence-electron chi connectivity index (χ4n) is 3.89. The van der Waals surface area contributed by atoms with Gasteiger partial charge in [-0.1, -0.05) is 36.6 Å². The first kappa shape index (κ1) is 21.5. The van der Waals surface area contributed by atoms with Gasteiger partial charge in [-0.2, -0.15) is 0 Å². The number of nitrogens with two attached hydrogens (primary N) is 1. The molecular formula is C22H28N4O4. The third kappa shape index (κ3) is 5.25. The first-order valence-corrected chi connectivity index (χ1v) is 10.3. The number of amides is 1. The van der Waals surface area contributed by atoms with Gasteiger partial charge in [-0.15, -0.1) is 0 Å². The number of nitrogens with one attached hydrogen (secondary N) is 1. The molecule has 1 aromatic heterocycles. The molecule has 0 spiro atoms. The van der Waals surface area contributed by atoms with Crippen LogP contribution in [0, 0.1) is 12.8 Å². The number of ketones is 1. The Labute approximate surface area is 175 Å². The number of carbonyl (C=O) groups excluding carboxylic acids is 3. The number of hydrogen-bond donors (Lipinski definition) is 2. The molecule has 1 fully saturated rings. The van der Waals surface area contributed by atoms with Crippen LogP contribution in [0.4, 0.5) is 0 Å². The molecule has 1 heterocycles. The first-order valence-electron chi connectivity index (χ1n) is 10.3. The maximum Gasteiger partial charge on any atom is 0.354 e. The molecule has 2 aromatic rings. The van der Waals surface area contributed by atoms with Gasteiger partial charge in [-0.3, -0.25) is 9.59 Å². The Balaban J connectivity index is 1.80. The van der Waals surface area contributed by atoms with Crippen molar-refractivity contribution in [1.82, 2.24) is 9.88 Å². The summed E-state index contributed by atoms with van der Waals surface area (Å²) in [5, 5.41) is 4.13. The van der Waals surface area contributed by atoms with Crippen molar-refractivity contribution in [3.8, 4) is 0 Å². The van der Waals surface area contributed by atoms with Crippen molar-refractivity contribution in [2.45, 2.75) is 46.0 Å². The predicted molar refractivity (Wildman–Crippen MR) is 114 cm³/mol. The van der Waals surface area contributed by atoms with E-state index in [2.05, 4.69) is 10.1 Å². The van der Waals surface area contributed by atoms with Gasteiger partial charge in [0.15, 0.2) is 0 Å². The number of hydrogen-bond acceptors (Lipinski definition) is 5. The third-order valence-electron chi connectivity index (χ3n) is 5.38. The highest BCUT2D eigenvalue weighted by molar-refractivity contribution is 6.45. The van der Waals surface area contributed by atoms with Crippen LogP contribution in [0.1, 0.15) is 54.9 Å². The van der Waals surface area contributed by atoms with E-state index in [0.717, 1.165) is 36.8 Å². The summed E-state index contributed by atoms with van der Waals surface area (Å²) in [6.45, 7) is 3.43. The molecule has 1 amide bonds. The highest BCUT2D eigenvalue weighted by Crippen LogP contribution is 2.25. The van der Waals surface area contributed by atoms with Crippen LogP contribution >= 0.6 is 0 Å². The fraction of sp³-hybridized carbons (Fsp3) is 0.455. The maximum atomic E-state index is 13.1. The number of H-pyrrole nitrogens is 1. The lowest BCUT2D eigenvalue weighted by molar-refractivity contribution is -0.148. The Morgan fingerprint density at radius 3 is 2.67 bits per heavy atom. The van der Waals surface area contributed by atoms with Crippen molar-refractivity contribution < 1.29 is 19.2 Å². The molecule has 1 saturated carbocycles. The number of oxime groups is 1. The number of aryl methyl sites for hydroxylation is 1. The van der Waals surface area contributed by atoms with Crippen molar-refractivity contribution in [2.24, 2.45) is 16.8 Å². The molecule has 3 rings (SSSR count). The summed E-state index contributed by atoms with van der Waals surface area (Å²) < 4.78 is 0. The second-order valence-corrected chi connectivity index (χ2v) is 7.97. The molecule has 160 valence electrons. The SMILES string of the molecule is CC(N)=NOC(=O)CN(CC1CCCCC1)C(=O)C(=O)c1c[nH]c2cc(C)ccc12. The Bertz CT molecular complexity index is 969. The van der Waals surface area contributed by atoms with Gasteiger partial charge < -0.3 is 20.5 Å². The largest absolute Gasteiger partial charge is 0.385 e. The summed E-state index contributed by atoms with van der Waals surface area (Å²) >= 11 is 0. The second-order valence-electron chi connectivity index (χ2n) is 7.97. The van der Waals surface area contributed by atoms with Gasteiger partial charge in [0.2, 0.25) is 0 Å². The van der Waals surface area contributed by atoms with Crippen molar-refractivity contribution in [1.29, 1.82) is 0 Å². The molecule has 0 unspecified atom stereocenters. The van der Waals surface area contributed by atoms with Crippen LogP contribution in [-0.2, 0) is 14.4 Å². The molecule has 0 aliphatic heterocycles. The number of rotatable bonds is 7. The third-order valence-corrected chi connectivity index (χ3v) is 5.38. The number of aromatic nitrogens is 1.